The average Bonchev–Trinajstić information content (AvgIpc) is 2.53. The third-order valence-corrected chi connectivity index (χ3v) is 3.21. The smallest absolute Gasteiger partial charge is 0.208 e. The third kappa shape index (κ3) is 3.03. The zero-order valence-electron chi connectivity index (χ0n) is 12.7. The number of hydrogen-bond donors (Lipinski definition) is 2. The fraction of sp³-hybridized carbons (Fsp3) is 0.375. The van der Waals surface area contributed by atoms with Crippen LogP contribution in [0.25, 0.3) is 5.57 Å². The van der Waals surface area contributed by atoms with Crippen LogP contribution in [-0.4, -0.2) is 44.3 Å². The van der Waals surface area contributed by atoms with E-state index in [1.54, 1.807) is 12.1 Å². The minimum absolute atomic E-state index is 0.0281. The van der Waals surface area contributed by atoms with Crippen LogP contribution in [0, 0.1) is 0 Å². The van der Waals surface area contributed by atoms with Gasteiger partial charge in [-0.3, -0.25) is 0 Å². The van der Waals surface area contributed by atoms with Crippen molar-refractivity contribution in [3.8, 4) is 23.0 Å². The molecule has 0 amide bonds. The second kappa shape index (κ2) is 7.20. The predicted octanol–water partition coefficient (Wildman–Crippen LogP) is 1.75. The normalized spacial score (nSPS) is 13.1. The van der Waals surface area contributed by atoms with Gasteiger partial charge in [-0.2, -0.15) is 0 Å². The van der Waals surface area contributed by atoms with E-state index in [-0.39, 0.29) is 13.2 Å². The Morgan fingerprint density at radius 3 is 2.55 bits per heavy atom. The van der Waals surface area contributed by atoms with E-state index < -0.39 is 0 Å². The summed E-state index contributed by atoms with van der Waals surface area (Å²) in [6, 6.07) is 1.72. The van der Waals surface area contributed by atoms with E-state index in [9.17, 15) is 5.11 Å². The van der Waals surface area contributed by atoms with E-state index in [4.69, 9.17) is 24.1 Å². The van der Waals surface area contributed by atoms with E-state index in [2.05, 4.69) is 6.58 Å². The minimum atomic E-state index is -0.160. The molecule has 0 aromatic heterocycles. The van der Waals surface area contributed by atoms with Crippen LogP contribution in [0.4, 0.5) is 0 Å². The maximum absolute atomic E-state index is 9.52. The lowest BCUT2D eigenvalue weighted by atomic mass is 10.0. The molecule has 6 heteroatoms. The Morgan fingerprint density at radius 1 is 1.18 bits per heavy atom. The molecule has 22 heavy (non-hydrogen) atoms. The molecule has 0 saturated carbocycles. The number of methoxy groups -OCH3 is 2. The summed E-state index contributed by atoms with van der Waals surface area (Å²) in [5, 5.41) is 18.4. The number of rotatable bonds is 7. The molecular weight excluding hydrogens is 288 g/mol. The molecule has 0 radical (unpaired) electrons. The lowest BCUT2D eigenvalue weighted by Crippen LogP contribution is -2.09. The van der Waals surface area contributed by atoms with Crippen LogP contribution in [-0.2, 0) is 0 Å². The molecule has 0 spiro atoms. The van der Waals surface area contributed by atoms with Crippen molar-refractivity contribution in [3.63, 3.8) is 0 Å². The number of aliphatic hydroxyl groups is 2. The highest BCUT2D eigenvalue weighted by Crippen LogP contribution is 2.50. The lowest BCUT2D eigenvalue weighted by Gasteiger charge is -2.24. The Morgan fingerprint density at radius 2 is 1.95 bits per heavy atom. The van der Waals surface area contributed by atoms with Crippen molar-refractivity contribution in [1.82, 2.24) is 0 Å². The number of fused-ring (bicyclic) bond motifs is 1. The molecule has 2 rings (SSSR count). The van der Waals surface area contributed by atoms with Gasteiger partial charge in [0.1, 0.15) is 5.76 Å². The topological polar surface area (TPSA) is 77.4 Å². The first-order chi connectivity index (χ1) is 10.7. The molecule has 120 valence electrons. The quantitative estimate of drug-likeness (QED) is 0.747. The fourth-order valence-corrected chi connectivity index (χ4v) is 2.22. The highest BCUT2D eigenvalue weighted by Gasteiger charge is 2.27. The van der Waals surface area contributed by atoms with Gasteiger partial charge in [-0.15, -0.1) is 0 Å². The van der Waals surface area contributed by atoms with E-state index in [0.717, 1.165) is 0 Å². The third-order valence-electron chi connectivity index (χ3n) is 3.21. The van der Waals surface area contributed by atoms with Crippen LogP contribution < -0.4 is 18.9 Å². The summed E-state index contributed by atoms with van der Waals surface area (Å²) in [7, 11) is 3.02. The van der Waals surface area contributed by atoms with Gasteiger partial charge in [-0.1, -0.05) is 6.58 Å². The molecule has 0 atom stereocenters. The van der Waals surface area contributed by atoms with Gasteiger partial charge in [-0.25, -0.2) is 0 Å². The summed E-state index contributed by atoms with van der Waals surface area (Å²) in [6.45, 7) is 3.94. The largest absolute Gasteiger partial charge is 0.493 e. The summed E-state index contributed by atoms with van der Waals surface area (Å²) < 4.78 is 22.1. The minimum Gasteiger partial charge on any atom is -0.493 e. The Hall–Kier alpha value is -2.18. The van der Waals surface area contributed by atoms with Crippen molar-refractivity contribution in [3.05, 3.63) is 30.0 Å². The Labute approximate surface area is 129 Å². The van der Waals surface area contributed by atoms with E-state index >= 15 is 0 Å². The van der Waals surface area contributed by atoms with Gasteiger partial charge < -0.3 is 29.2 Å². The van der Waals surface area contributed by atoms with Crippen LogP contribution in [0.15, 0.2) is 24.5 Å². The van der Waals surface area contributed by atoms with Gasteiger partial charge in [-0.05, 0) is 17.7 Å². The zero-order chi connectivity index (χ0) is 16.1. The van der Waals surface area contributed by atoms with Crippen LogP contribution in [0.5, 0.6) is 23.0 Å². The highest BCUT2D eigenvalue weighted by atomic mass is 16.6. The summed E-state index contributed by atoms with van der Waals surface area (Å²) in [4.78, 5) is 0. The summed E-state index contributed by atoms with van der Waals surface area (Å²) in [5.41, 5.74) is 1.32. The maximum Gasteiger partial charge on any atom is 0.208 e. The molecule has 0 fully saturated rings. The van der Waals surface area contributed by atoms with Crippen LogP contribution in [0.2, 0.25) is 0 Å². The van der Waals surface area contributed by atoms with Crippen molar-refractivity contribution >= 4 is 5.57 Å². The fourth-order valence-electron chi connectivity index (χ4n) is 2.22. The molecule has 0 unspecified atom stereocenters. The predicted molar refractivity (Wildman–Crippen MR) is 81.6 cm³/mol. The van der Waals surface area contributed by atoms with Gasteiger partial charge in [0, 0.05) is 18.6 Å². The molecule has 0 bridgehead atoms. The van der Waals surface area contributed by atoms with Gasteiger partial charge >= 0.3 is 0 Å². The van der Waals surface area contributed by atoms with Crippen molar-refractivity contribution in [2.45, 2.75) is 6.42 Å². The van der Waals surface area contributed by atoms with Gasteiger partial charge in [0.2, 0.25) is 11.5 Å². The Kier molecular flexibility index (Phi) is 5.30. The second-order valence-corrected chi connectivity index (χ2v) is 4.64. The SMILES string of the molecule is C=C1C=C(CO)c2cc(OC)c(OCCCO)c(OC)c2O1. The first-order valence-corrected chi connectivity index (χ1v) is 6.87. The maximum atomic E-state index is 9.52. The van der Waals surface area contributed by atoms with Crippen LogP contribution in [0.3, 0.4) is 0 Å². The average molecular weight is 308 g/mol. The summed E-state index contributed by atoms with van der Waals surface area (Å²) >= 11 is 0. The molecule has 1 heterocycles. The molecular formula is C16H20O6. The molecule has 1 aromatic rings. The Bertz CT molecular complexity index is 591. The number of aliphatic hydroxyl groups excluding tert-OH is 2. The van der Waals surface area contributed by atoms with Crippen LogP contribution >= 0.6 is 0 Å². The number of allylic oxidation sites excluding steroid dienone is 1. The summed E-state index contributed by atoms with van der Waals surface area (Å²) in [6.07, 6.45) is 2.15. The highest BCUT2D eigenvalue weighted by molar-refractivity contribution is 5.81. The van der Waals surface area contributed by atoms with E-state index in [1.165, 1.54) is 14.2 Å². The molecule has 2 N–H and O–H groups in total. The molecule has 6 nitrogen and oxygen atoms in total. The van der Waals surface area contributed by atoms with Gasteiger partial charge in [0.15, 0.2) is 11.5 Å². The molecule has 0 saturated heterocycles. The van der Waals surface area contributed by atoms with Crippen molar-refractivity contribution < 1.29 is 29.2 Å². The lowest BCUT2D eigenvalue weighted by molar-refractivity contribution is 0.220. The van der Waals surface area contributed by atoms with Crippen molar-refractivity contribution in [2.75, 3.05) is 34.0 Å². The summed E-state index contributed by atoms with van der Waals surface area (Å²) in [5.74, 6) is 2.06. The number of ether oxygens (including phenoxy) is 4. The molecule has 0 aliphatic carbocycles. The number of hydrogen-bond acceptors (Lipinski definition) is 6. The second-order valence-electron chi connectivity index (χ2n) is 4.64. The van der Waals surface area contributed by atoms with E-state index in [0.29, 0.717) is 52.9 Å². The molecule has 1 aliphatic heterocycles. The van der Waals surface area contributed by atoms with Gasteiger partial charge in [0.25, 0.3) is 0 Å². The van der Waals surface area contributed by atoms with Gasteiger partial charge in [0.05, 0.1) is 27.4 Å². The first-order valence-electron chi connectivity index (χ1n) is 6.87. The van der Waals surface area contributed by atoms with E-state index in [1.807, 2.05) is 0 Å². The first kappa shape index (κ1) is 16.2. The molecule has 1 aromatic carbocycles. The zero-order valence-corrected chi connectivity index (χ0v) is 12.7. The standard InChI is InChI=1S/C16H20O6/c1-10-7-11(9-18)12-8-13(19-2)15(21-6-4-5-17)16(20-3)14(12)22-10/h7-8,17-18H,1,4-6,9H2,2-3H3. The molecule has 1 aliphatic rings. The van der Waals surface area contributed by atoms with Crippen molar-refractivity contribution in [1.29, 1.82) is 0 Å². The van der Waals surface area contributed by atoms with Crippen LogP contribution in [0.1, 0.15) is 12.0 Å². The number of benzene rings is 1. The Balaban J connectivity index is 2.54. The monoisotopic (exact) mass is 308 g/mol. The van der Waals surface area contributed by atoms with Crippen molar-refractivity contribution in [2.24, 2.45) is 0 Å².